The van der Waals surface area contributed by atoms with Crippen LogP contribution in [0.25, 0.3) is 0 Å². The third-order valence-corrected chi connectivity index (χ3v) is 4.12. The molecule has 4 nitrogen and oxygen atoms in total. The van der Waals surface area contributed by atoms with Crippen molar-refractivity contribution in [3.63, 3.8) is 0 Å². The second kappa shape index (κ2) is 7.10. The molecule has 118 valence electrons. The summed E-state index contributed by atoms with van der Waals surface area (Å²) in [6, 6.07) is 2.60. The summed E-state index contributed by atoms with van der Waals surface area (Å²) >= 11 is 0. The van der Waals surface area contributed by atoms with E-state index in [0.29, 0.717) is 11.5 Å². The van der Waals surface area contributed by atoms with Crippen LogP contribution in [-0.4, -0.2) is 22.6 Å². The van der Waals surface area contributed by atoms with Gasteiger partial charge < -0.3 is 10.6 Å². The molecule has 0 aliphatic heterocycles. The largest absolute Gasteiger partial charge is 0.370 e. The molecule has 1 aliphatic carbocycles. The number of aryl methyl sites for hydroxylation is 1. The van der Waals surface area contributed by atoms with Crippen molar-refractivity contribution in [2.45, 2.75) is 72.3 Å². The van der Waals surface area contributed by atoms with Crippen molar-refractivity contribution in [3.8, 4) is 0 Å². The average molecular weight is 290 g/mol. The monoisotopic (exact) mass is 290 g/mol. The van der Waals surface area contributed by atoms with E-state index in [2.05, 4.69) is 54.4 Å². The van der Waals surface area contributed by atoms with Crippen molar-refractivity contribution in [3.05, 3.63) is 11.9 Å². The molecule has 4 heteroatoms. The first-order chi connectivity index (χ1) is 10.0. The molecule has 0 radical (unpaired) electrons. The maximum atomic E-state index is 4.68. The van der Waals surface area contributed by atoms with Gasteiger partial charge >= 0.3 is 0 Å². The molecule has 0 bridgehead atoms. The molecule has 0 amide bonds. The quantitative estimate of drug-likeness (QED) is 0.788. The highest BCUT2D eigenvalue weighted by Gasteiger charge is 2.31. The highest BCUT2D eigenvalue weighted by molar-refractivity contribution is 5.48. The van der Waals surface area contributed by atoms with Crippen molar-refractivity contribution in [2.24, 2.45) is 5.41 Å². The lowest BCUT2D eigenvalue weighted by Gasteiger charge is -2.19. The average Bonchev–Trinajstić information content (AvgIpc) is 2.76. The van der Waals surface area contributed by atoms with Gasteiger partial charge in [-0.2, -0.15) is 0 Å². The molecule has 0 spiro atoms. The minimum Gasteiger partial charge on any atom is -0.370 e. The van der Waals surface area contributed by atoms with Gasteiger partial charge in [-0.1, -0.05) is 27.7 Å². The smallest absolute Gasteiger partial charge is 0.133 e. The molecule has 0 aromatic carbocycles. The molecule has 1 aromatic heterocycles. The number of nitrogens with one attached hydrogen (secondary N) is 2. The van der Waals surface area contributed by atoms with E-state index >= 15 is 0 Å². The second-order valence-corrected chi connectivity index (χ2v) is 6.98. The SMILES string of the molecule is CCCNc1cc(NC2CCC(C)(C)C2)nc(CCC)n1. The fourth-order valence-corrected chi connectivity index (χ4v) is 3.02. The lowest BCUT2D eigenvalue weighted by atomic mass is 9.92. The van der Waals surface area contributed by atoms with Crippen LogP contribution in [0, 0.1) is 5.41 Å². The van der Waals surface area contributed by atoms with E-state index in [4.69, 9.17) is 0 Å². The van der Waals surface area contributed by atoms with Crippen molar-refractivity contribution < 1.29 is 0 Å². The summed E-state index contributed by atoms with van der Waals surface area (Å²) in [4.78, 5) is 9.28. The number of rotatable bonds is 7. The summed E-state index contributed by atoms with van der Waals surface area (Å²) in [6.07, 6.45) is 6.86. The van der Waals surface area contributed by atoms with Crippen molar-refractivity contribution in [2.75, 3.05) is 17.2 Å². The molecule has 1 aliphatic rings. The molecule has 21 heavy (non-hydrogen) atoms. The van der Waals surface area contributed by atoms with Crippen molar-refractivity contribution >= 4 is 11.6 Å². The Balaban J connectivity index is 2.08. The van der Waals surface area contributed by atoms with Gasteiger partial charge in [0.1, 0.15) is 17.5 Å². The highest BCUT2D eigenvalue weighted by Crippen LogP contribution is 2.38. The minimum absolute atomic E-state index is 0.459. The number of hydrogen-bond donors (Lipinski definition) is 2. The highest BCUT2D eigenvalue weighted by atomic mass is 15.1. The third-order valence-electron chi connectivity index (χ3n) is 4.12. The van der Waals surface area contributed by atoms with E-state index in [0.717, 1.165) is 43.3 Å². The van der Waals surface area contributed by atoms with Crippen LogP contribution in [-0.2, 0) is 6.42 Å². The zero-order valence-corrected chi connectivity index (χ0v) is 14.0. The first-order valence-corrected chi connectivity index (χ1v) is 8.41. The van der Waals surface area contributed by atoms with Crippen LogP contribution in [0.15, 0.2) is 6.07 Å². The van der Waals surface area contributed by atoms with Crippen LogP contribution < -0.4 is 10.6 Å². The second-order valence-electron chi connectivity index (χ2n) is 6.98. The van der Waals surface area contributed by atoms with Crippen LogP contribution in [0.2, 0.25) is 0 Å². The number of aromatic nitrogens is 2. The molecule has 2 N–H and O–H groups in total. The first-order valence-electron chi connectivity index (χ1n) is 8.41. The van der Waals surface area contributed by atoms with Crippen LogP contribution in [0.3, 0.4) is 0 Å². The maximum absolute atomic E-state index is 4.68. The van der Waals surface area contributed by atoms with Gasteiger partial charge in [-0.05, 0) is 37.5 Å². The molecule has 1 saturated carbocycles. The van der Waals surface area contributed by atoms with Crippen LogP contribution in [0.4, 0.5) is 11.6 Å². The van der Waals surface area contributed by atoms with Crippen LogP contribution >= 0.6 is 0 Å². The van der Waals surface area contributed by atoms with E-state index in [1.54, 1.807) is 0 Å². The standard InChI is InChI=1S/C17H30N4/c1-5-7-14-20-15(18-10-6-2)11-16(21-14)19-13-8-9-17(3,4)12-13/h11,13H,5-10,12H2,1-4H3,(H2,18,19,20,21). The molecule has 1 atom stereocenters. The normalized spacial score (nSPS) is 20.5. The van der Waals surface area contributed by atoms with Crippen LogP contribution in [0.1, 0.15) is 65.6 Å². The van der Waals surface area contributed by atoms with Crippen LogP contribution in [0.5, 0.6) is 0 Å². The van der Waals surface area contributed by atoms with Gasteiger partial charge in [-0.25, -0.2) is 9.97 Å². The predicted molar refractivity (Wildman–Crippen MR) is 89.9 cm³/mol. The summed E-state index contributed by atoms with van der Waals surface area (Å²) < 4.78 is 0. The molecule has 0 saturated heterocycles. The number of nitrogens with zero attached hydrogens (tertiary/aromatic N) is 2. The Labute approximate surface area is 129 Å². The van der Waals surface area contributed by atoms with Gasteiger partial charge in [0.15, 0.2) is 0 Å². The summed E-state index contributed by atoms with van der Waals surface area (Å²) in [5.41, 5.74) is 0.459. The van der Waals surface area contributed by atoms with E-state index in [-0.39, 0.29) is 0 Å². The molecule has 2 rings (SSSR count). The van der Waals surface area contributed by atoms with Crippen molar-refractivity contribution in [1.82, 2.24) is 9.97 Å². The Bertz CT molecular complexity index is 456. The Kier molecular flexibility index (Phi) is 5.43. The molecular weight excluding hydrogens is 260 g/mol. The fraction of sp³-hybridized carbons (Fsp3) is 0.765. The van der Waals surface area contributed by atoms with E-state index in [1.807, 2.05) is 0 Å². The summed E-state index contributed by atoms with van der Waals surface area (Å²) in [6.45, 7) is 10.00. The summed E-state index contributed by atoms with van der Waals surface area (Å²) in [5.74, 6) is 2.88. The predicted octanol–water partition coefficient (Wildman–Crippen LogP) is 4.24. The zero-order chi connectivity index (χ0) is 15.3. The number of hydrogen-bond acceptors (Lipinski definition) is 4. The minimum atomic E-state index is 0.459. The van der Waals surface area contributed by atoms with Gasteiger partial charge in [-0.15, -0.1) is 0 Å². The Morgan fingerprint density at radius 3 is 2.57 bits per heavy atom. The summed E-state index contributed by atoms with van der Waals surface area (Å²) in [7, 11) is 0. The Morgan fingerprint density at radius 2 is 1.95 bits per heavy atom. The lowest BCUT2D eigenvalue weighted by Crippen LogP contribution is -2.19. The number of anilines is 2. The molecule has 1 unspecified atom stereocenters. The van der Waals surface area contributed by atoms with Gasteiger partial charge in [0.05, 0.1) is 0 Å². The van der Waals surface area contributed by atoms with E-state index in [9.17, 15) is 0 Å². The molecule has 1 heterocycles. The first kappa shape index (κ1) is 16.1. The third kappa shape index (κ3) is 4.87. The summed E-state index contributed by atoms with van der Waals surface area (Å²) in [5, 5.41) is 7.00. The molecular formula is C17H30N4. The Hall–Kier alpha value is -1.32. The zero-order valence-electron chi connectivity index (χ0n) is 14.0. The topological polar surface area (TPSA) is 49.8 Å². The van der Waals surface area contributed by atoms with Gasteiger partial charge in [-0.3, -0.25) is 0 Å². The molecule has 1 aromatic rings. The van der Waals surface area contributed by atoms with Gasteiger partial charge in [0.25, 0.3) is 0 Å². The fourth-order valence-electron chi connectivity index (χ4n) is 3.02. The Morgan fingerprint density at radius 1 is 1.19 bits per heavy atom. The maximum Gasteiger partial charge on any atom is 0.133 e. The van der Waals surface area contributed by atoms with E-state index in [1.165, 1.54) is 19.3 Å². The van der Waals surface area contributed by atoms with Crippen molar-refractivity contribution in [1.29, 1.82) is 0 Å². The molecule has 1 fully saturated rings. The van der Waals surface area contributed by atoms with E-state index < -0.39 is 0 Å². The van der Waals surface area contributed by atoms with Gasteiger partial charge in [0, 0.05) is 25.1 Å². The lowest BCUT2D eigenvalue weighted by molar-refractivity contribution is 0.378. The van der Waals surface area contributed by atoms with Gasteiger partial charge in [0.2, 0.25) is 0 Å².